The first-order valence-corrected chi connectivity index (χ1v) is 25.0. The highest BCUT2D eigenvalue weighted by atomic mass is 31.2. The van der Waals surface area contributed by atoms with Gasteiger partial charge in [0.25, 0.3) is 0 Å². The van der Waals surface area contributed by atoms with Crippen molar-refractivity contribution >= 4 is 13.8 Å². The molecule has 0 saturated heterocycles. The Labute approximate surface area is 346 Å². The van der Waals surface area contributed by atoms with Gasteiger partial charge in [-0.3, -0.25) is 13.8 Å². The highest BCUT2D eigenvalue weighted by molar-refractivity contribution is 7.47. The zero-order valence-electron chi connectivity index (χ0n) is 36.6. The van der Waals surface area contributed by atoms with Crippen LogP contribution in [0.15, 0.2) is 36.6 Å². The Balaban J connectivity index is 4.02. The molecule has 3 N–H and O–H groups in total. The number of allylic oxidation sites excluding steroid dienone is 5. The van der Waals surface area contributed by atoms with E-state index in [0.717, 1.165) is 38.5 Å². The molecule has 0 aliphatic heterocycles. The lowest BCUT2D eigenvalue weighted by Crippen LogP contribution is -2.27. The summed E-state index contributed by atoms with van der Waals surface area (Å²) in [5.41, 5.74) is 5.37. The number of phosphoric acid groups is 1. The monoisotopic (exact) mass is 812 g/mol. The van der Waals surface area contributed by atoms with E-state index in [1.54, 1.807) is 6.26 Å². The first-order valence-electron chi connectivity index (χ1n) is 23.5. The lowest BCUT2D eigenvalue weighted by molar-refractivity contribution is -0.153. The van der Waals surface area contributed by atoms with E-state index in [1.807, 2.05) is 6.08 Å². The number of esters is 1. The summed E-state index contributed by atoms with van der Waals surface area (Å²) in [6, 6.07) is 0. The highest BCUT2D eigenvalue weighted by Gasteiger charge is 2.25. The summed E-state index contributed by atoms with van der Waals surface area (Å²) in [4.78, 5) is 22.5. The third-order valence-electron chi connectivity index (χ3n) is 10.1. The van der Waals surface area contributed by atoms with E-state index in [1.165, 1.54) is 167 Å². The molecule has 0 bridgehead atoms. The third kappa shape index (κ3) is 43.7. The van der Waals surface area contributed by atoms with Gasteiger partial charge in [-0.1, -0.05) is 173 Å². The highest BCUT2D eigenvalue weighted by Crippen LogP contribution is 2.43. The zero-order valence-corrected chi connectivity index (χ0v) is 37.5. The largest absolute Gasteiger partial charge is 0.498 e. The summed E-state index contributed by atoms with van der Waals surface area (Å²) in [6.45, 7) is 4.24. The van der Waals surface area contributed by atoms with Crippen molar-refractivity contribution in [1.29, 1.82) is 0 Å². The number of carbonyl (C=O) groups is 1. The van der Waals surface area contributed by atoms with E-state index in [0.29, 0.717) is 6.42 Å². The van der Waals surface area contributed by atoms with Gasteiger partial charge in [0.05, 0.1) is 19.5 Å². The topological polar surface area (TPSA) is 117 Å². The molecule has 0 radical (unpaired) electrons. The van der Waals surface area contributed by atoms with Gasteiger partial charge in [0.2, 0.25) is 0 Å². The van der Waals surface area contributed by atoms with Gasteiger partial charge < -0.3 is 20.1 Å². The molecule has 0 aromatic carbocycles. The van der Waals surface area contributed by atoms with Crippen LogP contribution in [0.25, 0.3) is 0 Å². The molecule has 9 heteroatoms. The van der Waals surface area contributed by atoms with Crippen LogP contribution in [0.1, 0.15) is 226 Å². The minimum Gasteiger partial charge on any atom is -0.498 e. The molecule has 0 amide bonds. The Morgan fingerprint density at radius 3 is 1.32 bits per heavy atom. The Kier molecular flexibility index (Phi) is 43.5. The van der Waals surface area contributed by atoms with E-state index in [2.05, 4.69) is 38.2 Å². The fraction of sp³-hybridized carbons (Fsp3) is 0.851. The van der Waals surface area contributed by atoms with Gasteiger partial charge >= 0.3 is 13.8 Å². The van der Waals surface area contributed by atoms with Crippen LogP contribution in [0.4, 0.5) is 0 Å². The summed E-state index contributed by atoms with van der Waals surface area (Å²) in [5, 5.41) is 0. The molecule has 56 heavy (non-hydrogen) atoms. The molecule has 1 unspecified atom stereocenters. The van der Waals surface area contributed by atoms with Crippen molar-refractivity contribution in [2.45, 2.75) is 232 Å². The second-order valence-corrected chi connectivity index (χ2v) is 17.1. The fourth-order valence-corrected chi connectivity index (χ4v) is 7.36. The standard InChI is InChI=1S/C47H90NO7P/c1-3-5-7-9-11-13-15-17-19-21-22-23-24-25-26-28-30-32-34-36-38-40-47(49)55-46(45-54-56(50,51)53-43-41-48)44-52-42-39-37-35-33-31-29-27-20-18-16-14-12-10-8-6-4-2/h17-20,39,42,46H,3-16,21-38,40-41,43-45,48H2,1-2H3,(H,50,51)/t46-/m1/s1. The van der Waals surface area contributed by atoms with Gasteiger partial charge in [-0.05, 0) is 76.7 Å². The van der Waals surface area contributed by atoms with Crippen LogP contribution < -0.4 is 5.73 Å². The minimum absolute atomic E-state index is 0.0283. The van der Waals surface area contributed by atoms with Gasteiger partial charge in [0.15, 0.2) is 6.10 Å². The molecular weight excluding hydrogens is 721 g/mol. The van der Waals surface area contributed by atoms with Gasteiger partial charge in [-0.2, -0.15) is 0 Å². The van der Waals surface area contributed by atoms with Crippen LogP contribution in [0.3, 0.4) is 0 Å². The van der Waals surface area contributed by atoms with E-state index in [9.17, 15) is 14.3 Å². The van der Waals surface area contributed by atoms with Crippen molar-refractivity contribution in [3.8, 4) is 0 Å². The first kappa shape index (κ1) is 54.6. The lowest BCUT2D eigenvalue weighted by atomic mass is 10.0. The molecule has 0 aliphatic rings. The quantitative estimate of drug-likeness (QED) is 0.0205. The average molecular weight is 812 g/mol. The molecule has 0 aliphatic carbocycles. The maximum absolute atomic E-state index is 12.6. The fourth-order valence-electron chi connectivity index (χ4n) is 6.60. The number of rotatable bonds is 45. The zero-order chi connectivity index (χ0) is 40.9. The molecule has 330 valence electrons. The van der Waals surface area contributed by atoms with Crippen LogP contribution in [0, 0.1) is 0 Å². The molecule has 0 heterocycles. The van der Waals surface area contributed by atoms with Gasteiger partial charge in [0, 0.05) is 13.0 Å². The van der Waals surface area contributed by atoms with Crippen molar-refractivity contribution in [2.24, 2.45) is 5.73 Å². The van der Waals surface area contributed by atoms with Crippen molar-refractivity contribution < 1.29 is 32.8 Å². The maximum Gasteiger partial charge on any atom is 0.472 e. The van der Waals surface area contributed by atoms with Crippen LogP contribution in [0.2, 0.25) is 0 Å². The van der Waals surface area contributed by atoms with E-state index < -0.39 is 13.9 Å². The number of carbonyl (C=O) groups excluding carboxylic acids is 1. The summed E-state index contributed by atoms with van der Waals surface area (Å²) in [6.07, 6.45) is 52.6. The SMILES string of the molecule is CCCCCCCCC=CCCCCCCC=COC[C@H](COP(=O)(O)OCCN)OC(=O)CCCCCCCCCCCCCC=CCCCCCCCC. The number of unbranched alkanes of at least 4 members (excludes halogenated alkanes) is 28. The number of phosphoric ester groups is 1. The molecule has 0 saturated carbocycles. The van der Waals surface area contributed by atoms with Crippen molar-refractivity contribution in [3.63, 3.8) is 0 Å². The summed E-state index contributed by atoms with van der Waals surface area (Å²) >= 11 is 0. The molecule has 0 fully saturated rings. The lowest BCUT2D eigenvalue weighted by Gasteiger charge is -2.19. The number of hydrogen-bond donors (Lipinski definition) is 2. The van der Waals surface area contributed by atoms with E-state index in [-0.39, 0.29) is 32.3 Å². The average Bonchev–Trinajstić information content (AvgIpc) is 3.19. The van der Waals surface area contributed by atoms with Crippen LogP contribution in [-0.2, 0) is 27.9 Å². The smallest absolute Gasteiger partial charge is 0.472 e. The van der Waals surface area contributed by atoms with Gasteiger partial charge in [0.1, 0.15) is 6.61 Å². The Bertz CT molecular complexity index is 957. The molecular formula is C47H90NO7P. The summed E-state index contributed by atoms with van der Waals surface area (Å²) in [5.74, 6) is -0.354. The first-order chi connectivity index (χ1) is 27.4. The molecule has 8 nitrogen and oxygen atoms in total. The van der Waals surface area contributed by atoms with Crippen LogP contribution >= 0.6 is 7.82 Å². The summed E-state index contributed by atoms with van der Waals surface area (Å²) in [7, 11) is -4.30. The Morgan fingerprint density at radius 2 is 0.911 bits per heavy atom. The maximum atomic E-state index is 12.6. The summed E-state index contributed by atoms with van der Waals surface area (Å²) < 4.78 is 33.2. The van der Waals surface area contributed by atoms with Crippen molar-refractivity contribution in [3.05, 3.63) is 36.6 Å². The minimum atomic E-state index is -4.30. The third-order valence-corrected chi connectivity index (χ3v) is 11.1. The van der Waals surface area contributed by atoms with Crippen LogP contribution in [0.5, 0.6) is 0 Å². The number of nitrogens with two attached hydrogens (primary N) is 1. The molecule has 0 aromatic rings. The van der Waals surface area contributed by atoms with Gasteiger partial charge in [-0.15, -0.1) is 0 Å². The van der Waals surface area contributed by atoms with E-state index in [4.69, 9.17) is 24.3 Å². The van der Waals surface area contributed by atoms with Crippen LogP contribution in [-0.4, -0.2) is 43.3 Å². The Morgan fingerprint density at radius 1 is 0.536 bits per heavy atom. The van der Waals surface area contributed by atoms with Crippen molar-refractivity contribution in [1.82, 2.24) is 0 Å². The second kappa shape index (κ2) is 44.7. The molecule has 0 aromatic heterocycles. The molecule has 2 atom stereocenters. The predicted molar refractivity (Wildman–Crippen MR) is 238 cm³/mol. The predicted octanol–water partition coefficient (Wildman–Crippen LogP) is 14.5. The molecule has 0 spiro atoms. The second-order valence-electron chi connectivity index (χ2n) is 15.7. The molecule has 0 rings (SSSR count). The van der Waals surface area contributed by atoms with Gasteiger partial charge in [-0.25, -0.2) is 4.57 Å². The number of hydrogen-bond acceptors (Lipinski definition) is 7. The number of ether oxygens (including phenoxy) is 2. The Hall–Kier alpha value is -1.44. The van der Waals surface area contributed by atoms with Crippen molar-refractivity contribution in [2.75, 3.05) is 26.4 Å². The normalized spacial score (nSPS) is 13.6. The van der Waals surface area contributed by atoms with E-state index >= 15 is 0 Å².